The van der Waals surface area contributed by atoms with Gasteiger partial charge in [-0.05, 0) is 68.5 Å². The predicted octanol–water partition coefficient (Wildman–Crippen LogP) is 8.09. The third kappa shape index (κ3) is 7.52. The maximum Gasteiger partial charge on any atom is 0.152 e. The van der Waals surface area contributed by atoms with Crippen LogP contribution in [0.5, 0.6) is 0 Å². The van der Waals surface area contributed by atoms with Gasteiger partial charge < -0.3 is 5.32 Å². The summed E-state index contributed by atoms with van der Waals surface area (Å²) in [5.74, 6) is 0. The quantitative estimate of drug-likeness (QED) is 0.359. The van der Waals surface area contributed by atoms with E-state index in [1.807, 2.05) is 57.2 Å². The Kier molecular flexibility index (Phi) is 10.6. The zero-order valence-electron chi connectivity index (χ0n) is 17.9. The molecule has 0 unspecified atom stereocenters. The van der Waals surface area contributed by atoms with Crippen molar-refractivity contribution in [3.05, 3.63) is 64.7 Å². The monoisotopic (exact) mass is 399 g/mol. The van der Waals surface area contributed by atoms with Crippen LogP contribution in [0.3, 0.4) is 0 Å². The lowest BCUT2D eigenvalue weighted by molar-refractivity contribution is 0.112. The molecule has 0 saturated heterocycles. The first-order valence-corrected chi connectivity index (χ1v) is 10.4. The summed E-state index contributed by atoms with van der Waals surface area (Å²) in [5.41, 5.74) is 5.88. The molecule has 0 aliphatic heterocycles. The second kappa shape index (κ2) is 12.4. The number of allylic oxidation sites excluding steroid dienone is 1. The molecule has 2 aromatic rings. The van der Waals surface area contributed by atoms with Crippen LogP contribution in [0.25, 0.3) is 11.1 Å². The van der Waals surface area contributed by atoms with Gasteiger partial charge in [0.05, 0.1) is 0 Å². The Morgan fingerprint density at radius 2 is 1.71 bits per heavy atom. The third-order valence-corrected chi connectivity index (χ3v) is 4.57. The van der Waals surface area contributed by atoms with Crippen molar-refractivity contribution in [1.82, 2.24) is 0 Å². The largest absolute Gasteiger partial charge is 0.382 e. The van der Waals surface area contributed by atoms with Crippen LogP contribution in [0.2, 0.25) is 5.02 Å². The van der Waals surface area contributed by atoms with Gasteiger partial charge in [0, 0.05) is 22.3 Å². The molecule has 0 heterocycles. The van der Waals surface area contributed by atoms with Crippen LogP contribution >= 0.6 is 11.6 Å². The highest BCUT2D eigenvalue weighted by molar-refractivity contribution is 6.30. The second-order valence-corrected chi connectivity index (χ2v) is 7.91. The van der Waals surface area contributed by atoms with Gasteiger partial charge in [0.25, 0.3) is 0 Å². The lowest BCUT2D eigenvalue weighted by Gasteiger charge is -2.21. The molecule has 0 bridgehead atoms. The van der Waals surface area contributed by atoms with Gasteiger partial charge in [0.1, 0.15) is 0 Å². The average Bonchev–Trinajstić information content (AvgIpc) is 2.61. The number of halogens is 1. The summed E-state index contributed by atoms with van der Waals surface area (Å²) < 4.78 is 0. The molecular formula is C25H34ClNO. The van der Waals surface area contributed by atoms with E-state index in [-0.39, 0.29) is 0 Å². The highest BCUT2D eigenvalue weighted by atomic mass is 35.5. The molecule has 0 radical (unpaired) electrons. The molecule has 28 heavy (non-hydrogen) atoms. The molecule has 0 amide bonds. The molecule has 2 aromatic carbocycles. The van der Waals surface area contributed by atoms with E-state index in [1.54, 1.807) is 0 Å². The fraction of sp³-hybridized carbons (Fsp3) is 0.400. The van der Waals surface area contributed by atoms with E-state index < -0.39 is 0 Å². The summed E-state index contributed by atoms with van der Waals surface area (Å²) in [6.07, 6.45) is 5.43. The van der Waals surface area contributed by atoms with Crippen molar-refractivity contribution in [2.45, 2.75) is 66.3 Å². The molecular weight excluding hydrogens is 366 g/mol. The van der Waals surface area contributed by atoms with Crippen molar-refractivity contribution in [3.8, 4) is 11.1 Å². The Hall–Kier alpha value is -2.06. The summed E-state index contributed by atoms with van der Waals surface area (Å²) >= 11 is 6.07. The van der Waals surface area contributed by atoms with Crippen LogP contribution in [-0.4, -0.2) is 12.3 Å². The van der Waals surface area contributed by atoms with E-state index in [0.717, 1.165) is 59.9 Å². The van der Waals surface area contributed by atoms with Gasteiger partial charge in [-0.15, -0.1) is 6.58 Å². The van der Waals surface area contributed by atoms with Gasteiger partial charge in [-0.3, -0.25) is 4.79 Å². The van der Waals surface area contributed by atoms with Crippen molar-refractivity contribution in [1.29, 1.82) is 0 Å². The molecule has 0 fully saturated rings. The lowest BCUT2D eigenvalue weighted by atomic mass is 9.95. The number of nitrogens with one attached hydrogen (secondary N) is 1. The number of carbonyl (C=O) groups excluding carboxylic acids is 1. The summed E-state index contributed by atoms with van der Waals surface area (Å²) in [6.45, 7) is 13.9. The zero-order chi connectivity index (χ0) is 21.1. The molecule has 152 valence electrons. The van der Waals surface area contributed by atoms with E-state index in [2.05, 4.69) is 25.7 Å². The molecule has 3 heteroatoms. The van der Waals surface area contributed by atoms with Gasteiger partial charge in [0.2, 0.25) is 0 Å². The number of hydrogen-bond acceptors (Lipinski definition) is 2. The zero-order valence-corrected chi connectivity index (χ0v) is 18.7. The van der Waals surface area contributed by atoms with Crippen molar-refractivity contribution < 1.29 is 4.79 Å². The third-order valence-electron chi connectivity index (χ3n) is 4.34. The number of anilines is 1. The maximum absolute atomic E-state index is 11.8. The molecule has 1 N–H and O–H groups in total. The fourth-order valence-corrected chi connectivity index (χ4v) is 3.41. The molecule has 0 spiro atoms. The number of hydrogen-bond donors (Lipinski definition) is 1. The minimum absolute atomic E-state index is 0.403. The van der Waals surface area contributed by atoms with Crippen molar-refractivity contribution in [2.24, 2.45) is 0 Å². The van der Waals surface area contributed by atoms with E-state index in [1.165, 1.54) is 5.57 Å². The second-order valence-electron chi connectivity index (χ2n) is 7.47. The standard InChI is InChI=1S/C21H26ClNO.C4H8/c1-4-7-17(8-5-2)23-21-10-6-9-19(20(21)14-24)18-12-11-16(22)13-15(18)3;1-4(2)3/h6,9-14,17,23H,4-5,7-8H2,1-3H3;1H2,2-3H3. The topological polar surface area (TPSA) is 29.1 Å². The van der Waals surface area contributed by atoms with Crippen molar-refractivity contribution in [2.75, 3.05) is 5.32 Å². The van der Waals surface area contributed by atoms with Gasteiger partial charge in [-0.25, -0.2) is 0 Å². The van der Waals surface area contributed by atoms with Crippen LogP contribution in [0, 0.1) is 6.92 Å². The molecule has 0 aliphatic carbocycles. The van der Waals surface area contributed by atoms with E-state index >= 15 is 0 Å². The normalized spacial score (nSPS) is 10.2. The number of rotatable bonds is 8. The van der Waals surface area contributed by atoms with Crippen LogP contribution in [-0.2, 0) is 0 Å². The van der Waals surface area contributed by atoms with Crippen LogP contribution in [0.1, 0.15) is 69.3 Å². The number of benzene rings is 2. The minimum atomic E-state index is 0.403. The average molecular weight is 400 g/mol. The first-order valence-electron chi connectivity index (χ1n) is 10.1. The lowest BCUT2D eigenvalue weighted by Crippen LogP contribution is -2.20. The van der Waals surface area contributed by atoms with E-state index in [9.17, 15) is 4.79 Å². The Balaban J connectivity index is 0.000000892. The highest BCUT2D eigenvalue weighted by Gasteiger charge is 2.14. The Morgan fingerprint density at radius 1 is 1.11 bits per heavy atom. The Labute approximate surface area is 176 Å². The number of carbonyl (C=O) groups is 1. The van der Waals surface area contributed by atoms with Gasteiger partial charge in [-0.1, -0.05) is 62.1 Å². The smallest absolute Gasteiger partial charge is 0.152 e. The van der Waals surface area contributed by atoms with Crippen LogP contribution in [0.15, 0.2) is 48.6 Å². The molecule has 2 nitrogen and oxygen atoms in total. The summed E-state index contributed by atoms with van der Waals surface area (Å²) in [7, 11) is 0. The van der Waals surface area contributed by atoms with E-state index in [4.69, 9.17) is 11.6 Å². The van der Waals surface area contributed by atoms with Crippen molar-refractivity contribution >= 4 is 23.6 Å². The maximum atomic E-state index is 11.8. The first-order chi connectivity index (χ1) is 13.3. The molecule has 0 aliphatic rings. The van der Waals surface area contributed by atoms with Gasteiger partial charge in [-0.2, -0.15) is 0 Å². The van der Waals surface area contributed by atoms with Crippen LogP contribution in [0.4, 0.5) is 5.69 Å². The van der Waals surface area contributed by atoms with Gasteiger partial charge >= 0.3 is 0 Å². The van der Waals surface area contributed by atoms with E-state index in [0.29, 0.717) is 11.1 Å². The minimum Gasteiger partial charge on any atom is -0.382 e. The number of aldehydes is 1. The van der Waals surface area contributed by atoms with Crippen molar-refractivity contribution in [3.63, 3.8) is 0 Å². The van der Waals surface area contributed by atoms with Crippen LogP contribution < -0.4 is 5.32 Å². The highest BCUT2D eigenvalue weighted by Crippen LogP contribution is 2.32. The Bertz CT molecular complexity index is 772. The fourth-order valence-electron chi connectivity index (χ4n) is 3.19. The molecule has 0 aromatic heterocycles. The molecule has 2 rings (SSSR count). The summed E-state index contributed by atoms with van der Waals surface area (Å²) in [5, 5.41) is 4.30. The van der Waals surface area contributed by atoms with Gasteiger partial charge in [0.15, 0.2) is 6.29 Å². The summed E-state index contributed by atoms with van der Waals surface area (Å²) in [6, 6.07) is 12.2. The molecule has 0 atom stereocenters. The SMILES string of the molecule is C=C(C)C.CCCC(CCC)Nc1cccc(-c2ccc(Cl)cc2C)c1C=O. The Morgan fingerprint density at radius 3 is 2.21 bits per heavy atom. The summed E-state index contributed by atoms with van der Waals surface area (Å²) in [4.78, 5) is 11.8. The predicted molar refractivity (Wildman–Crippen MR) is 125 cm³/mol. The first kappa shape index (κ1) is 24.0. The molecule has 0 saturated carbocycles. The number of aryl methyl sites for hydroxylation is 1.